The van der Waals surface area contributed by atoms with E-state index in [1.807, 2.05) is 0 Å². The molecule has 3 aromatic rings. The summed E-state index contributed by atoms with van der Waals surface area (Å²) in [5.74, 6) is -0.736. The number of benzene rings is 2. The maximum absolute atomic E-state index is 13.2. The number of hydrogen-bond donors (Lipinski definition) is 1. The van der Waals surface area contributed by atoms with Crippen molar-refractivity contribution in [1.82, 2.24) is 4.98 Å². The minimum atomic E-state index is -0.738. The molecular formula is C16H9ClFNO3. The van der Waals surface area contributed by atoms with Gasteiger partial charge in [0.15, 0.2) is 11.3 Å². The summed E-state index contributed by atoms with van der Waals surface area (Å²) in [7, 11) is 0. The fourth-order valence-electron chi connectivity index (χ4n) is 1.96. The smallest absolute Gasteiger partial charge is 0.362 e. The molecule has 0 unspecified atom stereocenters. The summed E-state index contributed by atoms with van der Waals surface area (Å²) in [6, 6.07) is 10.2. The van der Waals surface area contributed by atoms with Gasteiger partial charge in [0.25, 0.3) is 0 Å². The van der Waals surface area contributed by atoms with Crippen molar-refractivity contribution in [1.29, 1.82) is 0 Å². The first-order valence-electron chi connectivity index (χ1n) is 6.30. The number of aliphatic hydroxyl groups excluding tert-OH is 1. The van der Waals surface area contributed by atoms with Gasteiger partial charge < -0.3 is 9.52 Å². The highest BCUT2D eigenvalue weighted by Crippen LogP contribution is 2.23. The molecule has 6 heteroatoms. The third-order valence-corrected chi connectivity index (χ3v) is 3.33. The summed E-state index contributed by atoms with van der Waals surface area (Å²) in [5, 5.41) is 10.4. The van der Waals surface area contributed by atoms with Crippen LogP contribution >= 0.6 is 11.6 Å². The molecule has 0 radical (unpaired) electrons. The van der Waals surface area contributed by atoms with Crippen LogP contribution < -0.4 is 5.63 Å². The van der Waals surface area contributed by atoms with Crippen molar-refractivity contribution in [3.63, 3.8) is 0 Å². The van der Waals surface area contributed by atoms with Crippen LogP contribution in [0.25, 0.3) is 22.9 Å². The van der Waals surface area contributed by atoms with Gasteiger partial charge in [-0.3, -0.25) is 0 Å². The van der Waals surface area contributed by atoms with E-state index in [1.165, 1.54) is 12.1 Å². The Kier molecular flexibility index (Phi) is 3.65. The zero-order chi connectivity index (χ0) is 15.7. The van der Waals surface area contributed by atoms with Crippen LogP contribution in [0.15, 0.2) is 51.7 Å². The molecule has 2 aromatic carbocycles. The zero-order valence-electron chi connectivity index (χ0n) is 11.1. The predicted octanol–water partition coefficient (Wildman–Crippen LogP) is 4.04. The van der Waals surface area contributed by atoms with Crippen LogP contribution in [0.1, 0.15) is 11.3 Å². The van der Waals surface area contributed by atoms with Crippen molar-refractivity contribution in [2.45, 2.75) is 0 Å². The highest BCUT2D eigenvalue weighted by atomic mass is 35.5. The van der Waals surface area contributed by atoms with Gasteiger partial charge in [-0.2, -0.15) is 0 Å². The highest BCUT2D eigenvalue weighted by molar-refractivity contribution is 6.32. The fourth-order valence-corrected chi connectivity index (χ4v) is 2.19. The number of nitrogens with zero attached hydrogens (tertiary/aromatic N) is 1. The molecular weight excluding hydrogens is 309 g/mol. The molecule has 0 aliphatic heterocycles. The third-order valence-electron chi connectivity index (χ3n) is 3.00. The van der Waals surface area contributed by atoms with E-state index in [9.17, 15) is 14.3 Å². The Morgan fingerprint density at radius 1 is 1.27 bits per heavy atom. The first kappa shape index (κ1) is 14.3. The Bertz CT molecular complexity index is 950. The topological polar surface area (TPSA) is 63.3 Å². The normalized spacial score (nSPS) is 11.8. The molecule has 0 fully saturated rings. The lowest BCUT2D eigenvalue weighted by Gasteiger charge is -2.03. The maximum Gasteiger partial charge on any atom is 0.362 e. The standard InChI is InChI=1S/C16H9ClFNO3/c17-11-4-2-1-3-10(11)14(20)8-13-16(21)22-15-6-5-9(18)7-12(15)19-13/h1-8,20H/b14-8-. The van der Waals surface area contributed by atoms with Crippen molar-refractivity contribution in [2.75, 3.05) is 0 Å². The minimum Gasteiger partial charge on any atom is -0.507 e. The van der Waals surface area contributed by atoms with Gasteiger partial charge in [-0.1, -0.05) is 23.7 Å². The lowest BCUT2D eigenvalue weighted by molar-refractivity contribution is 0.514. The molecule has 1 aromatic heterocycles. The van der Waals surface area contributed by atoms with Gasteiger partial charge in [-0.15, -0.1) is 0 Å². The van der Waals surface area contributed by atoms with E-state index < -0.39 is 11.4 Å². The largest absolute Gasteiger partial charge is 0.507 e. The average Bonchev–Trinajstić information content (AvgIpc) is 2.49. The highest BCUT2D eigenvalue weighted by Gasteiger charge is 2.10. The Labute approximate surface area is 129 Å². The number of fused-ring (bicyclic) bond motifs is 1. The molecule has 0 saturated heterocycles. The van der Waals surface area contributed by atoms with Crippen LogP contribution in [0.2, 0.25) is 5.02 Å². The molecule has 0 atom stereocenters. The van der Waals surface area contributed by atoms with Gasteiger partial charge in [0.2, 0.25) is 0 Å². The first-order chi connectivity index (χ1) is 10.5. The first-order valence-corrected chi connectivity index (χ1v) is 6.68. The zero-order valence-corrected chi connectivity index (χ0v) is 11.8. The second kappa shape index (κ2) is 5.61. The third kappa shape index (κ3) is 2.71. The van der Waals surface area contributed by atoms with Crippen molar-refractivity contribution in [3.8, 4) is 0 Å². The van der Waals surface area contributed by atoms with Gasteiger partial charge in [0, 0.05) is 17.7 Å². The number of aromatic nitrogens is 1. The number of rotatable bonds is 2. The molecule has 3 rings (SSSR count). The van der Waals surface area contributed by atoms with Crippen molar-refractivity contribution < 1.29 is 13.9 Å². The molecule has 22 heavy (non-hydrogen) atoms. The molecule has 0 aliphatic carbocycles. The average molecular weight is 318 g/mol. The number of hydrogen-bond acceptors (Lipinski definition) is 4. The Hall–Kier alpha value is -2.66. The molecule has 0 aliphatic rings. The van der Waals surface area contributed by atoms with E-state index in [-0.39, 0.29) is 22.6 Å². The molecule has 4 nitrogen and oxygen atoms in total. The molecule has 0 saturated carbocycles. The van der Waals surface area contributed by atoms with E-state index in [0.717, 1.165) is 12.1 Å². The Balaban J connectivity index is 2.14. The fraction of sp³-hybridized carbons (Fsp3) is 0. The van der Waals surface area contributed by atoms with Crippen molar-refractivity contribution in [3.05, 3.63) is 75.0 Å². The van der Waals surface area contributed by atoms with E-state index in [4.69, 9.17) is 16.0 Å². The van der Waals surface area contributed by atoms with Crippen LogP contribution in [-0.2, 0) is 0 Å². The SMILES string of the molecule is O=c1oc2ccc(F)cc2nc1/C=C(\O)c1ccccc1Cl. The predicted molar refractivity (Wildman–Crippen MR) is 82.2 cm³/mol. The van der Waals surface area contributed by atoms with Crippen LogP contribution in [0.3, 0.4) is 0 Å². The van der Waals surface area contributed by atoms with Gasteiger partial charge in [0.05, 0.1) is 5.02 Å². The molecule has 0 amide bonds. The Morgan fingerprint density at radius 3 is 2.82 bits per heavy atom. The van der Waals surface area contributed by atoms with Gasteiger partial charge >= 0.3 is 5.63 Å². The minimum absolute atomic E-state index is 0.143. The van der Waals surface area contributed by atoms with Crippen LogP contribution in [-0.4, -0.2) is 10.1 Å². The van der Waals surface area contributed by atoms with Gasteiger partial charge in [-0.05, 0) is 24.3 Å². The van der Waals surface area contributed by atoms with E-state index >= 15 is 0 Å². The number of halogens is 2. The van der Waals surface area contributed by atoms with E-state index in [0.29, 0.717) is 10.6 Å². The lowest BCUT2D eigenvalue weighted by atomic mass is 10.1. The van der Waals surface area contributed by atoms with Crippen molar-refractivity contribution >= 4 is 34.5 Å². The Morgan fingerprint density at radius 2 is 2.05 bits per heavy atom. The summed E-state index contributed by atoms with van der Waals surface area (Å²) in [6.07, 6.45) is 1.14. The number of aliphatic hydroxyl groups is 1. The molecule has 0 spiro atoms. The summed E-state index contributed by atoms with van der Waals surface area (Å²) in [6.45, 7) is 0. The van der Waals surface area contributed by atoms with Crippen LogP contribution in [0.4, 0.5) is 4.39 Å². The molecule has 110 valence electrons. The molecule has 1 heterocycles. The van der Waals surface area contributed by atoms with Gasteiger partial charge in [-0.25, -0.2) is 14.2 Å². The van der Waals surface area contributed by atoms with Crippen LogP contribution in [0.5, 0.6) is 0 Å². The molecule has 0 bridgehead atoms. The summed E-state index contributed by atoms with van der Waals surface area (Å²) < 4.78 is 18.2. The van der Waals surface area contributed by atoms with Crippen LogP contribution in [0, 0.1) is 5.82 Å². The maximum atomic E-state index is 13.2. The quantitative estimate of drug-likeness (QED) is 0.725. The summed E-state index contributed by atoms with van der Waals surface area (Å²) in [5.41, 5.74) is -0.184. The monoisotopic (exact) mass is 317 g/mol. The van der Waals surface area contributed by atoms with E-state index in [2.05, 4.69) is 4.98 Å². The van der Waals surface area contributed by atoms with E-state index in [1.54, 1.807) is 24.3 Å². The second-order valence-electron chi connectivity index (χ2n) is 4.51. The van der Waals surface area contributed by atoms with Gasteiger partial charge in [0.1, 0.15) is 17.1 Å². The second-order valence-corrected chi connectivity index (χ2v) is 4.92. The molecule has 1 N–H and O–H groups in total. The summed E-state index contributed by atoms with van der Waals surface area (Å²) in [4.78, 5) is 15.9. The summed E-state index contributed by atoms with van der Waals surface area (Å²) >= 11 is 5.97. The van der Waals surface area contributed by atoms with Crippen molar-refractivity contribution in [2.24, 2.45) is 0 Å². The lowest BCUT2D eigenvalue weighted by Crippen LogP contribution is -2.06.